The van der Waals surface area contributed by atoms with Gasteiger partial charge in [-0.3, -0.25) is 19.4 Å². The van der Waals surface area contributed by atoms with Crippen molar-refractivity contribution in [2.45, 2.75) is 46.0 Å². The van der Waals surface area contributed by atoms with Crippen molar-refractivity contribution in [2.24, 2.45) is 0 Å². The van der Waals surface area contributed by atoms with E-state index in [1.54, 1.807) is 38.7 Å². The Morgan fingerprint density at radius 1 is 1.14 bits per heavy atom. The number of carbonyl (C=O) groups excluding carboxylic acids is 1. The number of amides is 1. The van der Waals surface area contributed by atoms with Crippen molar-refractivity contribution >= 4 is 34.9 Å². The minimum Gasteiger partial charge on any atom is -0.432 e. The third-order valence-corrected chi connectivity index (χ3v) is 6.56. The van der Waals surface area contributed by atoms with Gasteiger partial charge in [-0.2, -0.15) is 19.0 Å². The maximum Gasteiger partial charge on any atom is 0.387 e. The van der Waals surface area contributed by atoms with Gasteiger partial charge in [0.25, 0.3) is 0 Å². The number of halogens is 4. The van der Waals surface area contributed by atoms with Crippen LogP contribution in [-0.4, -0.2) is 37.1 Å². The summed E-state index contributed by atoms with van der Waals surface area (Å²) >= 11 is 13.0. The van der Waals surface area contributed by atoms with E-state index in [4.69, 9.17) is 28.3 Å². The average molecular weight is 547 g/mol. The van der Waals surface area contributed by atoms with Crippen LogP contribution in [0.15, 0.2) is 48.8 Å². The Bertz CT molecular complexity index is 1470. The Hall–Kier alpha value is -3.50. The van der Waals surface area contributed by atoms with E-state index in [2.05, 4.69) is 14.8 Å². The van der Waals surface area contributed by atoms with Crippen LogP contribution in [0.4, 0.5) is 14.6 Å². The van der Waals surface area contributed by atoms with Crippen molar-refractivity contribution in [2.75, 3.05) is 4.90 Å². The third kappa shape index (κ3) is 4.91. The van der Waals surface area contributed by atoms with Gasteiger partial charge < -0.3 is 4.74 Å². The van der Waals surface area contributed by atoms with E-state index < -0.39 is 6.61 Å². The smallest absolute Gasteiger partial charge is 0.387 e. The average Bonchev–Trinajstić information content (AvgIpc) is 3.45. The maximum absolute atomic E-state index is 12.9. The van der Waals surface area contributed by atoms with Crippen LogP contribution in [0, 0.1) is 0 Å². The third-order valence-electron chi connectivity index (χ3n) is 5.97. The molecule has 4 aromatic rings. The number of hydrogen-bond donors (Lipinski definition) is 0. The Balaban J connectivity index is 1.46. The van der Waals surface area contributed by atoms with E-state index in [0.29, 0.717) is 45.8 Å². The van der Waals surface area contributed by atoms with Crippen LogP contribution in [-0.2, 0) is 17.9 Å². The predicted molar refractivity (Wildman–Crippen MR) is 136 cm³/mol. The van der Waals surface area contributed by atoms with Gasteiger partial charge in [-0.1, -0.05) is 35.3 Å². The van der Waals surface area contributed by atoms with E-state index in [1.165, 1.54) is 18.3 Å². The van der Waals surface area contributed by atoms with Crippen molar-refractivity contribution in [1.82, 2.24) is 24.5 Å². The largest absolute Gasteiger partial charge is 0.432 e. The molecule has 5 rings (SSSR count). The predicted octanol–water partition coefficient (Wildman–Crippen LogP) is 6.23. The van der Waals surface area contributed by atoms with Gasteiger partial charge in [0.2, 0.25) is 5.91 Å². The van der Waals surface area contributed by atoms with Crippen LogP contribution in [0.5, 0.6) is 5.75 Å². The summed E-state index contributed by atoms with van der Waals surface area (Å²) in [6.45, 7) is 1.70. The van der Waals surface area contributed by atoms with Gasteiger partial charge in [0.1, 0.15) is 22.9 Å². The molecule has 12 heteroatoms. The molecule has 0 saturated heterocycles. The second kappa shape index (κ2) is 10.1. The molecule has 0 N–H and O–H groups in total. The van der Waals surface area contributed by atoms with Crippen LogP contribution >= 0.6 is 23.2 Å². The first-order chi connectivity index (χ1) is 17.7. The summed E-state index contributed by atoms with van der Waals surface area (Å²) in [5.41, 5.74) is 2.71. The second-order valence-corrected chi connectivity index (χ2v) is 9.58. The molecule has 1 aliphatic heterocycles. The Kier molecular flexibility index (Phi) is 6.87. The maximum atomic E-state index is 12.9. The number of nitrogens with zero attached hydrogens (tertiary/aromatic N) is 6. The van der Waals surface area contributed by atoms with Crippen LogP contribution in [0.3, 0.4) is 0 Å². The van der Waals surface area contributed by atoms with E-state index in [-0.39, 0.29) is 29.9 Å². The molecule has 37 heavy (non-hydrogen) atoms. The lowest BCUT2D eigenvalue weighted by atomic mass is 10.1. The molecular formula is C25H22Cl2F2N6O2. The number of fused-ring (bicyclic) bond motifs is 1. The number of aromatic nitrogens is 5. The molecule has 0 spiro atoms. The Labute approximate surface area is 221 Å². The SMILES string of the molecule is CC(C)n1ncc(Cl)c1-c1cc2n(n1)CCC(=O)N2Cc1ccc(-c2ncccc2OC(F)F)c(Cl)c1. The standard InChI is InChI=1S/C25H22Cl2F2N6O2/c1-14(2)35-24(18(27)12-31-35)19-11-21-33(22(36)7-9-34(21)32-19)13-15-5-6-16(17(26)10-15)23-20(37-25(28)29)4-3-8-30-23/h3-6,8,10-12,14,25H,7,9,13H2,1-2H3. The number of rotatable bonds is 7. The van der Waals surface area contributed by atoms with Crippen LogP contribution in [0.25, 0.3) is 22.6 Å². The molecule has 0 radical (unpaired) electrons. The highest BCUT2D eigenvalue weighted by Crippen LogP contribution is 2.36. The summed E-state index contributed by atoms with van der Waals surface area (Å²) in [6.07, 6.45) is 3.35. The number of aryl methyl sites for hydroxylation is 1. The number of benzene rings is 1. The van der Waals surface area contributed by atoms with Crippen molar-refractivity contribution in [3.63, 3.8) is 0 Å². The van der Waals surface area contributed by atoms with E-state index >= 15 is 0 Å². The minimum absolute atomic E-state index is 0.0556. The lowest BCUT2D eigenvalue weighted by Gasteiger charge is -2.27. The molecule has 0 unspecified atom stereocenters. The summed E-state index contributed by atoms with van der Waals surface area (Å²) in [7, 11) is 0. The van der Waals surface area contributed by atoms with Crippen LogP contribution < -0.4 is 9.64 Å². The highest BCUT2D eigenvalue weighted by molar-refractivity contribution is 6.33. The monoisotopic (exact) mass is 546 g/mol. The molecule has 0 saturated carbocycles. The first kappa shape index (κ1) is 25.2. The zero-order valence-electron chi connectivity index (χ0n) is 19.9. The van der Waals surface area contributed by atoms with Gasteiger partial charge in [0.15, 0.2) is 5.75 Å². The summed E-state index contributed by atoms with van der Waals surface area (Å²) in [4.78, 5) is 18.7. The number of pyridine rings is 1. The molecule has 1 aliphatic rings. The number of anilines is 1. The van der Waals surface area contributed by atoms with Gasteiger partial charge in [-0.15, -0.1) is 0 Å². The molecule has 0 atom stereocenters. The lowest BCUT2D eigenvalue weighted by Crippen LogP contribution is -2.36. The molecule has 1 aromatic carbocycles. The zero-order valence-corrected chi connectivity index (χ0v) is 21.4. The Morgan fingerprint density at radius 2 is 1.95 bits per heavy atom. The van der Waals surface area contributed by atoms with Gasteiger partial charge in [0, 0.05) is 30.3 Å². The van der Waals surface area contributed by atoms with Gasteiger partial charge in [-0.25, -0.2) is 4.68 Å². The summed E-state index contributed by atoms with van der Waals surface area (Å²) < 4.78 is 33.8. The van der Waals surface area contributed by atoms with Crippen molar-refractivity contribution in [3.8, 4) is 28.4 Å². The highest BCUT2D eigenvalue weighted by Gasteiger charge is 2.28. The van der Waals surface area contributed by atoms with E-state index in [0.717, 1.165) is 5.56 Å². The van der Waals surface area contributed by atoms with Crippen LogP contribution in [0.1, 0.15) is 31.9 Å². The molecular weight excluding hydrogens is 525 g/mol. The second-order valence-electron chi connectivity index (χ2n) is 8.76. The molecule has 0 fully saturated rings. The summed E-state index contributed by atoms with van der Waals surface area (Å²) in [5.74, 6) is 0.505. The van der Waals surface area contributed by atoms with E-state index in [1.807, 2.05) is 19.9 Å². The molecule has 4 heterocycles. The zero-order chi connectivity index (χ0) is 26.3. The van der Waals surface area contributed by atoms with E-state index in [9.17, 15) is 13.6 Å². The number of carbonyl (C=O) groups is 1. The number of alkyl halides is 2. The molecule has 1 amide bonds. The van der Waals surface area contributed by atoms with Crippen molar-refractivity contribution in [1.29, 1.82) is 0 Å². The van der Waals surface area contributed by atoms with Gasteiger partial charge in [0.05, 0.1) is 29.3 Å². The fourth-order valence-corrected chi connectivity index (χ4v) is 4.85. The van der Waals surface area contributed by atoms with Gasteiger partial charge >= 0.3 is 6.61 Å². The molecule has 192 valence electrons. The normalized spacial score (nSPS) is 13.5. The molecule has 8 nitrogen and oxygen atoms in total. The van der Waals surface area contributed by atoms with Crippen molar-refractivity contribution in [3.05, 3.63) is 64.4 Å². The molecule has 3 aromatic heterocycles. The quantitative estimate of drug-likeness (QED) is 0.274. The fourth-order valence-electron chi connectivity index (χ4n) is 4.33. The summed E-state index contributed by atoms with van der Waals surface area (Å²) in [5, 5.41) is 9.82. The number of hydrogen-bond acceptors (Lipinski definition) is 5. The lowest BCUT2D eigenvalue weighted by molar-refractivity contribution is -0.119. The van der Waals surface area contributed by atoms with Gasteiger partial charge in [-0.05, 0) is 37.6 Å². The topological polar surface area (TPSA) is 78.1 Å². The Morgan fingerprint density at radius 3 is 2.68 bits per heavy atom. The first-order valence-electron chi connectivity index (χ1n) is 11.5. The highest BCUT2D eigenvalue weighted by atomic mass is 35.5. The first-order valence-corrected chi connectivity index (χ1v) is 12.3. The summed E-state index contributed by atoms with van der Waals surface area (Å²) in [6, 6.07) is 9.95. The number of ether oxygens (including phenoxy) is 1. The molecule has 0 bridgehead atoms. The minimum atomic E-state index is -2.99. The van der Waals surface area contributed by atoms with Crippen molar-refractivity contribution < 1.29 is 18.3 Å². The van der Waals surface area contributed by atoms with Crippen LogP contribution in [0.2, 0.25) is 10.0 Å². The molecule has 0 aliphatic carbocycles. The fraction of sp³-hybridized carbons (Fsp3) is 0.280.